The summed E-state index contributed by atoms with van der Waals surface area (Å²) in [6.07, 6.45) is 0. The summed E-state index contributed by atoms with van der Waals surface area (Å²) in [4.78, 5) is 4.42. The molecule has 0 bridgehead atoms. The van der Waals surface area contributed by atoms with E-state index in [0.717, 1.165) is 16.7 Å². The van der Waals surface area contributed by atoms with E-state index in [2.05, 4.69) is 4.98 Å². The highest BCUT2D eigenvalue weighted by Crippen LogP contribution is 2.21. The number of hydrogen-bond acceptors (Lipinski definition) is 2. The van der Waals surface area contributed by atoms with Gasteiger partial charge in [0.05, 0.1) is 11.0 Å². The van der Waals surface area contributed by atoms with E-state index >= 15 is 0 Å². The Morgan fingerprint density at radius 3 is 2.41 bits per heavy atom. The van der Waals surface area contributed by atoms with Crippen molar-refractivity contribution in [2.45, 2.75) is 6.61 Å². The Balaban J connectivity index is 2.34. The number of aliphatic hydroxyl groups is 1. The van der Waals surface area contributed by atoms with E-state index in [1.54, 1.807) is 0 Å². The minimum atomic E-state index is -0.0659. The van der Waals surface area contributed by atoms with Gasteiger partial charge in [-0.3, -0.25) is 4.57 Å². The number of nitrogens with zero attached hydrogens (tertiary/aromatic N) is 2. The van der Waals surface area contributed by atoms with Gasteiger partial charge in [0.15, 0.2) is 0 Å². The van der Waals surface area contributed by atoms with Crippen molar-refractivity contribution in [2.75, 3.05) is 0 Å². The van der Waals surface area contributed by atoms with Crippen molar-refractivity contribution in [3.63, 3.8) is 0 Å². The van der Waals surface area contributed by atoms with Gasteiger partial charge in [0.25, 0.3) is 0 Å². The first-order chi connectivity index (χ1) is 8.40. The highest BCUT2D eigenvalue weighted by molar-refractivity contribution is 5.78. The maximum absolute atomic E-state index is 9.40. The summed E-state index contributed by atoms with van der Waals surface area (Å²) in [5, 5.41) is 9.40. The SMILES string of the molecule is OCc1nc2ccccc2n1-c1ccccc1. The maximum Gasteiger partial charge on any atom is 0.140 e. The molecule has 0 fully saturated rings. The third-order valence-corrected chi connectivity index (χ3v) is 2.79. The smallest absolute Gasteiger partial charge is 0.140 e. The van der Waals surface area contributed by atoms with Crippen LogP contribution in [0.1, 0.15) is 5.82 Å². The van der Waals surface area contributed by atoms with Crippen molar-refractivity contribution in [3.05, 3.63) is 60.4 Å². The molecule has 3 nitrogen and oxygen atoms in total. The average molecular weight is 224 g/mol. The molecule has 0 aliphatic carbocycles. The van der Waals surface area contributed by atoms with E-state index in [1.165, 1.54) is 0 Å². The van der Waals surface area contributed by atoms with E-state index < -0.39 is 0 Å². The van der Waals surface area contributed by atoms with Crippen LogP contribution >= 0.6 is 0 Å². The molecule has 0 radical (unpaired) electrons. The minimum Gasteiger partial charge on any atom is -0.388 e. The maximum atomic E-state index is 9.40. The molecule has 0 aliphatic rings. The van der Waals surface area contributed by atoms with Crippen LogP contribution in [0.3, 0.4) is 0 Å². The van der Waals surface area contributed by atoms with Crippen LogP contribution in [0.4, 0.5) is 0 Å². The summed E-state index contributed by atoms with van der Waals surface area (Å²) < 4.78 is 1.98. The van der Waals surface area contributed by atoms with Gasteiger partial charge in [0.2, 0.25) is 0 Å². The number of imidazole rings is 1. The molecule has 3 aromatic rings. The van der Waals surface area contributed by atoms with E-state index in [-0.39, 0.29) is 6.61 Å². The average Bonchev–Trinajstić information content (AvgIpc) is 2.78. The summed E-state index contributed by atoms with van der Waals surface area (Å²) in [6, 6.07) is 17.8. The van der Waals surface area contributed by atoms with E-state index in [1.807, 2.05) is 59.2 Å². The van der Waals surface area contributed by atoms with Crippen molar-refractivity contribution in [2.24, 2.45) is 0 Å². The monoisotopic (exact) mass is 224 g/mol. The molecule has 1 heterocycles. The van der Waals surface area contributed by atoms with Crippen LogP contribution in [0.15, 0.2) is 54.6 Å². The fourth-order valence-corrected chi connectivity index (χ4v) is 2.05. The van der Waals surface area contributed by atoms with Crippen LogP contribution in [0.2, 0.25) is 0 Å². The van der Waals surface area contributed by atoms with Crippen LogP contribution in [0.5, 0.6) is 0 Å². The fraction of sp³-hybridized carbons (Fsp3) is 0.0714. The molecule has 0 unspecified atom stereocenters. The second-order valence-electron chi connectivity index (χ2n) is 3.85. The van der Waals surface area contributed by atoms with Gasteiger partial charge in [-0.15, -0.1) is 0 Å². The number of para-hydroxylation sites is 3. The summed E-state index contributed by atoms with van der Waals surface area (Å²) in [5.41, 5.74) is 2.94. The standard InChI is InChI=1S/C14H12N2O/c17-10-14-15-12-8-4-5-9-13(12)16(14)11-6-2-1-3-7-11/h1-9,17H,10H2. The van der Waals surface area contributed by atoms with Crippen LogP contribution in [0.25, 0.3) is 16.7 Å². The number of hydrogen-bond donors (Lipinski definition) is 1. The topological polar surface area (TPSA) is 38.1 Å². The highest BCUT2D eigenvalue weighted by Gasteiger charge is 2.10. The normalized spacial score (nSPS) is 10.9. The molecular weight excluding hydrogens is 212 g/mol. The minimum absolute atomic E-state index is 0.0659. The Kier molecular flexibility index (Phi) is 2.38. The van der Waals surface area contributed by atoms with E-state index in [9.17, 15) is 5.11 Å². The molecule has 3 heteroatoms. The molecule has 0 amide bonds. The molecule has 1 aromatic heterocycles. The first kappa shape index (κ1) is 10.1. The van der Waals surface area contributed by atoms with Gasteiger partial charge >= 0.3 is 0 Å². The van der Waals surface area contributed by atoms with Crippen molar-refractivity contribution >= 4 is 11.0 Å². The van der Waals surface area contributed by atoms with Gasteiger partial charge < -0.3 is 5.11 Å². The predicted octanol–water partition coefficient (Wildman–Crippen LogP) is 2.52. The van der Waals surface area contributed by atoms with Crippen LogP contribution in [-0.2, 0) is 6.61 Å². The number of rotatable bonds is 2. The molecule has 0 atom stereocenters. The summed E-state index contributed by atoms with van der Waals surface area (Å²) in [5.74, 6) is 0.664. The van der Waals surface area contributed by atoms with Gasteiger partial charge in [-0.05, 0) is 24.3 Å². The van der Waals surface area contributed by atoms with Crippen molar-refractivity contribution in [1.29, 1.82) is 0 Å². The van der Waals surface area contributed by atoms with Gasteiger partial charge in [0.1, 0.15) is 12.4 Å². The molecule has 0 spiro atoms. The van der Waals surface area contributed by atoms with Crippen LogP contribution < -0.4 is 0 Å². The lowest BCUT2D eigenvalue weighted by atomic mass is 10.3. The zero-order chi connectivity index (χ0) is 11.7. The molecule has 1 N–H and O–H groups in total. The lowest BCUT2D eigenvalue weighted by Gasteiger charge is -2.07. The summed E-state index contributed by atoms with van der Waals surface area (Å²) in [7, 11) is 0. The highest BCUT2D eigenvalue weighted by atomic mass is 16.3. The van der Waals surface area contributed by atoms with Crippen LogP contribution in [-0.4, -0.2) is 14.7 Å². The Morgan fingerprint density at radius 2 is 1.65 bits per heavy atom. The molecule has 0 saturated carbocycles. The van der Waals surface area contributed by atoms with Crippen molar-refractivity contribution in [1.82, 2.24) is 9.55 Å². The number of fused-ring (bicyclic) bond motifs is 1. The lowest BCUT2D eigenvalue weighted by Crippen LogP contribution is -2.00. The van der Waals surface area contributed by atoms with Gasteiger partial charge in [-0.2, -0.15) is 0 Å². The molecule has 0 saturated heterocycles. The largest absolute Gasteiger partial charge is 0.388 e. The second-order valence-corrected chi connectivity index (χ2v) is 3.85. The van der Waals surface area contributed by atoms with E-state index in [4.69, 9.17) is 0 Å². The lowest BCUT2D eigenvalue weighted by molar-refractivity contribution is 0.270. The first-order valence-corrected chi connectivity index (χ1v) is 5.53. The third kappa shape index (κ3) is 1.61. The Morgan fingerprint density at radius 1 is 0.941 bits per heavy atom. The zero-order valence-electron chi connectivity index (χ0n) is 9.24. The number of aromatic nitrogens is 2. The van der Waals surface area contributed by atoms with Crippen molar-refractivity contribution in [3.8, 4) is 5.69 Å². The van der Waals surface area contributed by atoms with Gasteiger partial charge in [-0.25, -0.2) is 4.98 Å². The summed E-state index contributed by atoms with van der Waals surface area (Å²) in [6.45, 7) is -0.0659. The molecule has 3 rings (SSSR count). The van der Waals surface area contributed by atoms with Gasteiger partial charge in [0, 0.05) is 5.69 Å². The predicted molar refractivity (Wildman–Crippen MR) is 67.0 cm³/mol. The zero-order valence-corrected chi connectivity index (χ0v) is 9.24. The molecule has 17 heavy (non-hydrogen) atoms. The molecule has 84 valence electrons. The molecule has 2 aromatic carbocycles. The van der Waals surface area contributed by atoms with E-state index in [0.29, 0.717) is 5.82 Å². The van der Waals surface area contributed by atoms with Crippen molar-refractivity contribution < 1.29 is 5.11 Å². The molecular formula is C14H12N2O. The number of aliphatic hydroxyl groups excluding tert-OH is 1. The third-order valence-electron chi connectivity index (χ3n) is 2.79. The second kappa shape index (κ2) is 4.03. The summed E-state index contributed by atoms with van der Waals surface area (Å²) >= 11 is 0. The first-order valence-electron chi connectivity index (χ1n) is 5.53. The van der Waals surface area contributed by atoms with Gasteiger partial charge in [-0.1, -0.05) is 30.3 Å². The Bertz CT molecular complexity index is 644. The molecule has 0 aliphatic heterocycles. The Labute approximate surface area is 99.0 Å². The Hall–Kier alpha value is -2.13. The van der Waals surface area contributed by atoms with Crippen LogP contribution in [0, 0.1) is 0 Å². The number of benzene rings is 2. The quantitative estimate of drug-likeness (QED) is 0.726. The fourth-order valence-electron chi connectivity index (χ4n) is 2.05.